The highest BCUT2D eigenvalue weighted by Gasteiger charge is 2.05. The van der Waals surface area contributed by atoms with E-state index in [0.717, 1.165) is 16.2 Å². The number of ether oxygens (including phenoxy) is 1. The Kier molecular flexibility index (Phi) is 5.00. The maximum absolute atomic E-state index is 11.3. The molecular formula is C16H14O4S. The first-order valence-electron chi connectivity index (χ1n) is 6.23. The van der Waals surface area contributed by atoms with Crippen LogP contribution in [0, 0.1) is 0 Å². The number of thioether (sulfide) groups is 1. The predicted molar refractivity (Wildman–Crippen MR) is 80.7 cm³/mol. The average Bonchev–Trinajstić information content (AvgIpc) is 2.53. The quantitative estimate of drug-likeness (QED) is 0.677. The van der Waals surface area contributed by atoms with Crippen molar-refractivity contribution in [1.82, 2.24) is 0 Å². The summed E-state index contributed by atoms with van der Waals surface area (Å²) in [7, 11) is 1.35. The molecule has 108 valence electrons. The molecule has 0 fully saturated rings. The largest absolute Gasteiger partial charge is 0.478 e. The Bertz CT molecular complexity index is 632. The lowest BCUT2D eigenvalue weighted by molar-refractivity contribution is 0.0599. The Balaban J connectivity index is 1.96. The molecule has 0 saturated carbocycles. The van der Waals surface area contributed by atoms with Crippen LogP contribution < -0.4 is 0 Å². The summed E-state index contributed by atoms with van der Waals surface area (Å²) in [4.78, 5) is 23.1. The van der Waals surface area contributed by atoms with Crippen LogP contribution in [0.5, 0.6) is 0 Å². The van der Waals surface area contributed by atoms with Crippen LogP contribution in [-0.2, 0) is 10.5 Å². The third-order valence-electron chi connectivity index (χ3n) is 2.88. The summed E-state index contributed by atoms with van der Waals surface area (Å²) in [6.07, 6.45) is 0. The maximum atomic E-state index is 11.3. The lowest BCUT2D eigenvalue weighted by Gasteiger charge is -2.04. The number of methoxy groups -OCH3 is 1. The summed E-state index contributed by atoms with van der Waals surface area (Å²) >= 11 is 1.60. The van der Waals surface area contributed by atoms with E-state index in [9.17, 15) is 9.59 Å². The number of hydrogen-bond acceptors (Lipinski definition) is 4. The molecule has 0 saturated heterocycles. The minimum Gasteiger partial charge on any atom is -0.478 e. The van der Waals surface area contributed by atoms with E-state index < -0.39 is 5.97 Å². The fourth-order valence-corrected chi connectivity index (χ4v) is 2.57. The summed E-state index contributed by atoms with van der Waals surface area (Å²) in [5.41, 5.74) is 1.88. The minimum absolute atomic E-state index is 0.279. The Morgan fingerprint density at radius 1 is 1.00 bits per heavy atom. The van der Waals surface area contributed by atoms with Crippen molar-refractivity contribution in [3.63, 3.8) is 0 Å². The number of carboxylic acid groups (broad SMARTS) is 1. The van der Waals surface area contributed by atoms with E-state index in [2.05, 4.69) is 4.74 Å². The van der Waals surface area contributed by atoms with Crippen LogP contribution in [0.1, 0.15) is 26.3 Å². The van der Waals surface area contributed by atoms with Gasteiger partial charge in [-0.25, -0.2) is 9.59 Å². The zero-order valence-electron chi connectivity index (χ0n) is 11.4. The molecule has 0 amide bonds. The molecule has 21 heavy (non-hydrogen) atoms. The van der Waals surface area contributed by atoms with Gasteiger partial charge in [0, 0.05) is 10.6 Å². The van der Waals surface area contributed by atoms with Gasteiger partial charge in [-0.15, -0.1) is 11.8 Å². The molecule has 2 aromatic carbocycles. The van der Waals surface area contributed by atoms with Gasteiger partial charge in [-0.2, -0.15) is 0 Å². The van der Waals surface area contributed by atoms with Crippen molar-refractivity contribution in [1.29, 1.82) is 0 Å². The molecular weight excluding hydrogens is 288 g/mol. The van der Waals surface area contributed by atoms with Crippen molar-refractivity contribution in [2.45, 2.75) is 10.6 Å². The predicted octanol–water partition coefficient (Wildman–Crippen LogP) is 3.46. The molecule has 0 aliphatic rings. The van der Waals surface area contributed by atoms with E-state index in [1.54, 1.807) is 48.2 Å². The summed E-state index contributed by atoms with van der Waals surface area (Å²) in [6, 6.07) is 14.0. The molecule has 0 aliphatic heterocycles. The molecule has 0 aliphatic carbocycles. The van der Waals surface area contributed by atoms with Crippen LogP contribution in [0.2, 0.25) is 0 Å². The monoisotopic (exact) mass is 302 g/mol. The van der Waals surface area contributed by atoms with E-state index in [1.807, 2.05) is 12.1 Å². The molecule has 0 spiro atoms. The second-order valence-electron chi connectivity index (χ2n) is 4.31. The smallest absolute Gasteiger partial charge is 0.337 e. The van der Waals surface area contributed by atoms with Crippen LogP contribution in [0.15, 0.2) is 53.4 Å². The minimum atomic E-state index is -0.926. The molecule has 0 heterocycles. The molecule has 2 rings (SSSR count). The van der Waals surface area contributed by atoms with Crippen molar-refractivity contribution >= 4 is 23.7 Å². The zero-order chi connectivity index (χ0) is 15.2. The van der Waals surface area contributed by atoms with Crippen molar-refractivity contribution in [2.75, 3.05) is 7.11 Å². The van der Waals surface area contributed by atoms with Crippen molar-refractivity contribution < 1.29 is 19.4 Å². The van der Waals surface area contributed by atoms with Gasteiger partial charge in [0.1, 0.15) is 0 Å². The molecule has 2 aromatic rings. The van der Waals surface area contributed by atoms with Crippen LogP contribution in [0.25, 0.3) is 0 Å². The highest BCUT2D eigenvalue weighted by atomic mass is 32.2. The Morgan fingerprint density at radius 2 is 1.57 bits per heavy atom. The second kappa shape index (κ2) is 6.95. The van der Waals surface area contributed by atoms with E-state index in [-0.39, 0.29) is 11.5 Å². The van der Waals surface area contributed by atoms with Gasteiger partial charge in [-0.05, 0) is 42.0 Å². The number of aromatic carboxylic acids is 1. The zero-order valence-corrected chi connectivity index (χ0v) is 12.2. The van der Waals surface area contributed by atoms with E-state index in [1.165, 1.54) is 7.11 Å². The lowest BCUT2D eigenvalue weighted by atomic mass is 10.1. The van der Waals surface area contributed by atoms with Gasteiger partial charge in [0.15, 0.2) is 0 Å². The third kappa shape index (κ3) is 4.10. The maximum Gasteiger partial charge on any atom is 0.337 e. The Labute approximate surface area is 126 Å². The fourth-order valence-electron chi connectivity index (χ4n) is 1.72. The van der Waals surface area contributed by atoms with Gasteiger partial charge >= 0.3 is 11.9 Å². The average molecular weight is 302 g/mol. The Morgan fingerprint density at radius 3 is 2.10 bits per heavy atom. The standard InChI is InChI=1S/C16H14O4S/c1-20-16(19)13-4-2-11(3-5-13)10-21-14-8-6-12(7-9-14)15(17)18/h2-9H,10H2,1H3,(H,17,18). The number of carbonyl (C=O) groups is 2. The van der Waals surface area contributed by atoms with E-state index >= 15 is 0 Å². The topological polar surface area (TPSA) is 63.6 Å². The van der Waals surface area contributed by atoms with Crippen LogP contribution in [0.3, 0.4) is 0 Å². The van der Waals surface area contributed by atoms with Crippen molar-refractivity contribution in [3.8, 4) is 0 Å². The summed E-state index contributed by atoms with van der Waals surface area (Å²) in [5.74, 6) is -0.531. The first-order valence-corrected chi connectivity index (χ1v) is 7.22. The normalized spacial score (nSPS) is 10.1. The molecule has 0 bridgehead atoms. The van der Waals surface area contributed by atoms with Gasteiger partial charge in [0.2, 0.25) is 0 Å². The molecule has 0 radical (unpaired) electrons. The van der Waals surface area contributed by atoms with Crippen LogP contribution in [-0.4, -0.2) is 24.2 Å². The number of esters is 1. The SMILES string of the molecule is COC(=O)c1ccc(CSc2ccc(C(=O)O)cc2)cc1. The Hall–Kier alpha value is -2.27. The molecule has 5 heteroatoms. The fraction of sp³-hybridized carbons (Fsp3) is 0.125. The first-order chi connectivity index (χ1) is 10.1. The highest BCUT2D eigenvalue weighted by molar-refractivity contribution is 7.98. The summed E-state index contributed by atoms with van der Waals surface area (Å²) in [6.45, 7) is 0. The molecule has 0 unspecified atom stereocenters. The van der Waals surface area contributed by atoms with Gasteiger partial charge in [0.25, 0.3) is 0 Å². The van der Waals surface area contributed by atoms with Crippen LogP contribution in [0.4, 0.5) is 0 Å². The highest BCUT2D eigenvalue weighted by Crippen LogP contribution is 2.23. The van der Waals surface area contributed by atoms with Gasteiger partial charge in [-0.1, -0.05) is 12.1 Å². The third-order valence-corrected chi connectivity index (χ3v) is 3.96. The van der Waals surface area contributed by atoms with Crippen LogP contribution >= 0.6 is 11.8 Å². The first kappa shape index (κ1) is 15.1. The van der Waals surface area contributed by atoms with Gasteiger partial charge in [-0.3, -0.25) is 0 Å². The number of hydrogen-bond donors (Lipinski definition) is 1. The number of benzene rings is 2. The van der Waals surface area contributed by atoms with Crippen molar-refractivity contribution in [3.05, 3.63) is 65.2 Å². The van der Waals surface area contributed by atoms with Gasteiger partial charge in [0.05, 0.1) is 18.2 Å². The number of carboxylic acids is 1. The second-order valence-corrected chi connectivity index (χ2v) is 5.36. The number of carbonyl (C=O) groups excluding carboxylic acids is 1. The molecule has 0 atom stereocenters. The van der Waals surface area contributed by atoms with E-state index in [0.29, 0.717) is 5.56 Å². The molecule has 0 aromatic heterocycles. The lowest BCUT2D eigenvalue weighted by Crippen LogP contribution is -2.00. The van der Waals surface area contributed by atoms with Gasteiger partial charge < -0.3 is 9.84 Å². The van der Waals surface area contributed by atoms with Crippen molar-refractivity contribution in [2.24, 2.45) is 0 Å². The number of rotatable bonds is 5. The van der Waals surface area contributed by atoms with E-state index in [4.69, 9.17) is 5.11 Å². The molecule has 4 nitrogen and oxygen atoms in total. The molecule has 1 N–H and O–H groups in total. The summed E-state index contributed by atoms with van der Waals surface area (Å²) < 4.78 is 4.64. The summed E-state index contributed by atoms with van der Waals surface area (Å²) in [5, 5.41) is 8.83.